The number of halogens is 3. The monoisotopic (exact) mass is 270 g/mol. The first-order valence-electron chi connectivity index (χ1n) is 4.97. The summed E-state index contributed by atoms with van der Waals surface area (Å²) in [7, 11) is 0. The molecule has 0 spiro atoms. The molecule has 0 unspecified atom stereocenters. The zero-order valence-corrected chi connectivity index (χ0v) is 10.5. The highest BCUT2D eigenvalue weighted by Crippen LogP contribution is 2.41. The summed E-state index contributed by atoms with van der Waals surface area (Å²) < 4.78 is 0. The van der Waals surface area contributed by atoms with Crippen LogP contribution in [-0.2, 0) is 9.59 Å². The molecule has 0 bridgehead atoms. The van der Waals surface area contributed by atoms with Gasteiger partial charge in [-0.3, -0.25) is 9.59 Å². The van der Waals surface area contributed by atoms with E-state index in [1.165, 1.54) is 0 Å². The van der Waals surface area contributed by atoms with Gasteiger partial charge in [0, 0.05) is 12.8 Å². The van der Waals surface area contributed by atoms with Crippen molar-refractivity contribution in [2.45, 2.75) is 43.4 Å². The van der Waals surface area contributed by atoms with Crippen LogP contribution in [-0.4, -0.2) is 15.4 Å². The first kappa shape index (κ1) is 13.3. The summed E-state index contributed by atoms with van der Waals surface area (Å²) in [4.78, 5) is 21.0. The molecule has 1 aliphatic rings. The lowest BCUT2D eigenvalue weighted by molar-refractivity contribution is -0.114. The van der Waals surface area contributed by atoms with E-state index in [0.717, 1.165) is 25.7 Å². The van der Waals surface area contributed by atoms with Gasteiger partial charge in [0.2, 0.25) is 10.5 Å². The number of alkyl halides is 1. The van der Waals surface area contributed by atoms with E-state index in [1.807, 2.05) is 0 Å². The Balaban J connectivity index is 2.40. The molecule has 5 heteroatoms. The molecule has 0 aliphatic heterocycles. The third-order valence-electron chi connectivity index (χ3n) is 2.91. The number of hydrogen-bond donors (Lipinski definition) is 0. The van der Waals surface area contributed by atoms with Crippen molar-refractivity contribution in [3.05, 3.63) is 0 Å². The standard InChI is InChI=1S/C10H13Cl3O2/c11-8(14)5-7-1-3-10(13,4-2-7)6-9(12)15/h7H,1-6H2/t7-,10+. The molecule has 0 amide bonds. The predicted molar refractivity (Wildman–Crippen MR) is 61.5 cm³/mol. The summed E-state index contributed by atoms with van der Waals surface area (Å²) >= 11 is 16.9. The number of rotatable bonds is 4. The van der Waals surface area contributed by atoms with E-state index in [0.29, 0.717) is 12.3 Å². The van der Waals surface area contributed by atoms with Crippen molar-refractivity contribution in [2.24, 2.45) is 5.92 Å². The van der Waals surface area contributed by atoms with Crippen LogP contribution in [0.15, 0.2) is 0 Å². The van der Waals surface area contributed by atoms with Gasteiger partial charge in [0.25, 0.3) is 0 Å². The molecule has 2 nitrogen and oxygen atoms in total. The van der Waals surface area contributed by atoms with Crippen LogP contribution in [0.1, 0.15) is 38.5 Å². The normalized spacial score (nSPS) is 31.3. The maximum Gasteiger partial charge on any atom is 0.223 e. The quantitative estimate of drug-likeness (QED) is 0.579. The Morgan fingerprint density at radius 1 is 1.13 bits per heavy atom. The Labute approximate surface area is 104 Å². The smallest absolute Gasteiger partial charge is 0.223 e. The first-order valence-corrected chi connectivity index (χ1v) is 6.10. The molecule has 0 aromatic heterocycles. The highest BCUT2D eigenvalue weighted by atomic mass is 35.5. The highest BCUT2D eigenvalue weighted by molar-refractivity contribution is 6.64. The Kier molecular flexibility index (Phi) is 4.88. The minimum absolute atomic E-state index is 0.206. The van der Waals surface area contributed by atoms with Gasteiger partial charge in [-0.05, 0) is 54.8 Å². The van der Waals surface area contributed by atoms with E-state index in [4.69, 9.17) is 34.8 Å². The van der Waals surface area contributed by atoms with Crippen molar-refractivity contribution in [3.63, 3.8) is 0 Å². The van der Waals surface area contributed by atoms with Crippen LogP contribution in [0, 0.1) is 5.92 Å². The van der Waals surface area contributed by atoms with E-state index in [9.17, 15) is 9.59 Å². The molecule has 0 N–H and O–H groups in total. The summed E-state index contributed by atoms with van der Waals surface area (Å²) in [6, 6.07) is 0. The Bertz CT molecular complexity index is 257. The molecular weight excluding hydrogens is 258 g/mol. The lowest BCUT2D eigenvalue weighted by atomic mass is 9.79. The third-order valence-corrected chi connectivity index (χ3v) is 3.71. The molecular formula is C10H13Cl3O2. The van der Waals surface area contributed by atoms with Crippen molar-refractivity contribution < 1.29 is 9.59 Å². The summed E-state index contributed by atoms with van der Waals surface area (Å²) in [5, 5.41) is -0.688. The van der Waals surface area contributed by atoms with E-state index >= 15 is 0 Å². The van der Waals surface area contributed by atoms with Gasteiger partial charge in [0.05, 0.1) is 4.87 Å². The lowest BCUT2D eigenvalue weighted by Gasteiger charge is -2.33. The second-order valence-corrected chi connectivity index (χ2v) is 5.83. The fourth-order valence-electron chi connectivity index (χ4n) is 2.05. The van der Waals surface area contributed by atoms with Gasteiger partial charge in [-0.15, -0.1) is 11.6 Å². The fourth-order valence-corrected chi connectivity index (χ4v) is 2.93. The molecule has 15 heavy (non-hydrogen) atoms. The van der Waals surface area contributed by atoms with Gasteiger partial charge in [-0.25, -0.2) is 0 Å². The fraction of sp³-hybridized carbons (Fsp3) is 0.800. The molecule has 1 aliphatic carbocycles. The Morgan fingerprint density at radius 2 is 1.67 bits per heavy atom. The van der Waals surface area contributed by atoms with Crippen LogP contribution in [0.3, 0.4) is 0 Å². The van der Waals surface area contributed by atoms with Crippen LogP contribution in [0.5, 0.6) is 0 Å². The first-order chi connectivity index (χ1) is 6.91. The second kappa shape index (κ2) is 5.51. The second-order valence-electron chi connectivity index (χ2n) is 4.19. The van der Waals surface area contributed by atoms with Crippen LogP contribution in [0.25, 0.3) is 0 Å². The van der Waals surface area contributed by atoms with Crippen LogP contribution in [0.4, 0.5) is 0 Å². The average Bonchev–Trinajstić information content (AvgIpc) is 2.07. The summed E-state index contributed by atoms with van der Waals surface area (Å²) in [6.07, 6.45) is 3.74. The van der Waals surface area contributed by atoms with Gasteiger partial charge in [0.15, 0.2) is 0 Å². The zero-order chi connectivity index (χ0) is 11.5. The van der Waals surface area contributed by atoms with Gasteiger partial charge in [-0.1, -0.05) is 0 Å². The van der Waals surface area contributed by atoms with E-state index in [-0.39, 0.29) is 11.7 Å². The SMILES string of the molecule is O=C(Cl)C[C@H]1CC[C@](Cl)(CC(=O)Cl)CC1. The molecule has 0 aromatic rings. The van der Waals surface area contributed by atoms with E-state index in [1.54, 1.807) is 0 Å². The van der Waals surface area contributed by atoms with Gasteiger partial charge < -0.3 is 0 Å². The molecule has 0 heterocycles. The summed E-state index contributed by atoms with van der Waals surface area (Å²) in [6.45, 7) is 0. The third kappa shape index (κ3) is 4.71. The maximum atomic E-state index is 10.8. The maximum absolute atomic E-state index is 10.8. The minimum Gasteiger partial charge on any atom is -0.281 e. The van der Waals surface area contributed by atoms with Gasteiger partial charge in [0.1, 0.15) is 0 Å². The van der Waals surface area contributed by atoms with Crippen molar-refractivity contribution in [2.75, 3.05) is 0 Å². The largest absolute Gasteiger partial charge is 0.281 e. The molecule has 86 valence electrons. The predicted octanol–water partition coefficient (Wildman–Crippen LogP) is 3.47. The minimum atomic E-state index is -0.495. The summed E-state index contributed by atoms with van der Waals surface area (Å²) in [5.74, 6) is 0.312. The lowest BCUT2D eigenvalue weighted by Crippen LogP contribution is -2.30. The topological polar surface area (TPSA) is 34.1 Å². The average molecular weight is 272 g/mol. The molecule has 0 aromatic carbocycles. The Hall–Kier alpha value is 0.210. The van der Waals surface area contributed by atoms with Crippen LogP contribution in [0.2, 0.25) is 0 Å². The molecule has 1 rings (SSSR count). The number of hydrogen-bond acceptors (Lipinski definition) is 2. The van der Waals surface area contributed by atoms with E-state index < -0.39 is 10.1 Å². The molecule has 0 saturated heterocycles. The van der Waals surface area contributed by atoms with Crippen molar-refractivity contribution in [1.29, 1.82) is 0 Å². The van der Waals surface area contributed by atoms with Gasteiger partial charge in [-0.2, -0.15) is 0 Å². The van der Waals surface area contributed by atoms with Crippen molar-refractivity contribution in [3.8, 4) is 0 Å². The van der Waals surface area contributed by atoms with Gasteiger partial charge >= 0.3 is 0 Å². The Morgan fingerprint density at radius 3 is 2.07 bits per heavy atom. The molecule has 1 saturated carbocycles. The molecule has 0 radical (unpaired) electrons. The zero-order valence-electron chi connectivity index (χ0n) is 8.27. The van der Waals surface area contributed by atoms with Crippen molar-refractivity contribution >= 4 is 45.3 Å². The van der Waals surface area contributed by atoms with E-state index in [2.05, 4.69) is 0 Å². The van der Waals surface area contributed by atoms with Crippen LogP contribution >= 0.6 is 34.8 Å². The molecule has 0 atom stereocenters. The van der Waals surface area contributed by atoms with Crippen molar-refractivity contribution in [1.82, 2.24) is 0 Å². The highest BCUT2D eigenvalue weighted by Gasteiger charge is 2.35. The molecule has 1 fully saturated rings. The number of carbonyl (C=O) groups is 2. The van der Waals surface area contributed by atoms with Crippen LogP contribution < -0.4 is 0 Å². The number of carbonyl (C=O) groups excluding carboxylic acids is 2. The summed E-state index contributed by atoms with van der Waals surface area (Å²) in [5.41, 5.74) is 0.